The average Bonchev–Trinajstić information content (AvgIpc) is 2.89. The van der Waals surface area contributed by atoms with Crippen LogP contribution in [0.1, 0.15) is 11.3 Å². The van der Waals surface area contributed by atoms with Gasteiger partial charge in [0.05, 0.1) is 17.2 Å². The van der Waals surface area contributed by atoms with E-state index in [-0.39, 0.29) is 16.3 Å². The van der Waals surface area contributed by atoms with Gasteiger partial charge < -0.3 is 0 Å². The van der Waals surface area contributed by atoms with Gasteiger partial charge in [-0.15, -0.1) is 0 Å². The summed E-state index contributed by atoms with van der Waals surface area (Å²) in [4.78, 5) is 16.6. The van der Waals surface area contributed by atoms with E-state index in [9.17, 15) is 13.2 Å². The molecule has 3 rings (SSSR count). The molecule has 0 saturated heterocycles. The first-order valence-electron chi connectivity index (χ1n) is 7.12. The summed E-state index contributed by atoms with van der Waals surface area (Å²) in [5.41, 5.74) is 1.89. The Morgan fingerprint density at radius 3 is 2.40 bits per heavy atom. The summed E-state index contributed by atoms with van der Waals surface area (Å²) in [7, 11) is -3.85. The molecule has 2 heterocycles. The number of nitrogens with zero attached hydrogens (tertiary/aromatic N) is 3. The predicted molar refractivity (Wildman–Crippen MR) is 90.4 cm³/mol. The van der Waals surface area contributed by atoms with Crippen LogP contribution in [0.2, 0.25) is 0 Å². The van der Waals surface area contributed by atoms with E-state index < -0.39 is 10.0 Å². The van der Waals surface area contributed by atoms with Gasteiger partial charge in [-0.05, 0) is 36.8 Å². The van der Waals surface area contributed by atoms with E-state index in [1.165, 1.54) is 16.8 Å². The lowest BCUT2D eigenvalue weighted by molar-refractivity contribution is 0.597. The third-order valence-electron chi connectivity index (χ3n) is 3.65. The molecule has 0 aliphatic heterocycles. The van der Waals surface area contributed by atoms with E-state index in [0.29, 0.717) is 22.4 Å². The van der Waals surface area contributed by atoms with Gasteiger partial charge >= 0.3 is 0 Å². The van der Waals surface area contributed by atoms with Crippen molar-refractivity contribution in [3.63, 3.8) is 0 Å². The first-order chi connectivity index (χ1) is 11.8. The number of nitrogens with one attached hydrogen (secondary N) is 1. The first-order valence-corrected chi connectivity index (χ1v) is 8.67. The normalized spacial score (nSPS) is 11.2. The highest BCUT2D eigenvalue weighted by Crippen LogP contribution is 2.20. The second kappa shape index (κ2) is 6.01. The number of hydrogen-bond acceptors (Lipinski definition) is 5. The van der Waals surface area contributed by atoms with Crippen molar-refractivity contribution in [2.75, 3.05) is 0 Å². The molecule has 0 bridgehead atoms. The van der Waals surface area contributed by atoms with E-state index >= 15 is 0 Å². The molecule has 3 aromatic rings. The van der Waals surface area contributed by atoms with E-state index in [1.54, 1.807) is 31.2 Å². The largest absolute Gasteiger partial charge is 0.293 e. The number of H-pyrrole nitrogens is 1. The Bertz CT molecular complexity index is 1130. The van der Waals surface area contributed by atoms with Gasteiger partial charge in [-0.1, -0.05) is 12.1 Å². The first kappa shape index (κ1) is 16.6. The third kappa shape index (κ3) is 3.08. The Morgan fingerprint density at radius 2 is 1.88 bits per heavy atom. The Hall–Kier alpha value is -3.22. The van der Waals surface area contributed by atoms with Crippen LogP contribution in [-0.2, 0) is 10.0 Å². The van der Waals surface area contributed by atoms with Crippen LogP contribution in [-0.4, -0.2) is 23.2 Å². The fourth-order valence-electron chi connectivity index (χ4n) is 2.43. The lowest BCUT2D eigenvalue weighted by Crippen LogP contribution is -2.18. The van der Waals surface area contributed by atoms with Crippen LogP contribution in [0, 0.1) is 18.3 Å². The van der Waals surface area contributed by atoms with E-state index in [4.69, 9.17) is 10.4 Å². The molecule has 0 radical (unpaired) electrons. The van der Waals surface area contributed by atoms with Crippen molar-refractivity contribution in [2.45, 2.75) is 11.8 Å². The van der Waals surface area contributed by atoms with Gasteiger partial charge in [0, 0.05) is 11.9 Å². The van der Waals surface area contributed by atoms with Crippen LogP contribution in [0.25, 0.3) is 16.9 Å². The molecule has 0 spiro atoms. The number of sulfonamides is 1. The van der Waals surface area contributed by atoms with Crippen LogP contribution >= 0.6 is 0 Å². The summed E-state index contributed by atoms with van der Waals surface area (Å²) in [5, 5.41) is 16.8. The Morgan fingerprint density at radius 1 is 1.20 bits per heavy atom. The SMILES string of the molecule is Cc1[nH]n(-c2ccc(S(N)(=O)=O)cn2)c(=O)c1-c1ccc(C#N)cc1. The number of primary sulfonamides is 1. The van der Waals surface area contributed by atoms with Crippen molar-refractivity contribution in [3.05, 3.63) is 64.2 Å². The number of benzene rings is 1. The van der Waals surface area contributed by atoms with Crippen LogP contribution < -0.4 is 10.7 Å². The summed E-state index contributed by atoms with van der Waals surface area (Å²) >= 11 is 0. The molecule has 8 nitrogen and oxygen atoms in total. The monoisotopic (exact) mass is 355 g/mol. The zero-order valence-electron chi connectivity index (χ0n) is 13.1. The highest BCUT2D eigenvalue weighted by atomic mass is 32.2. The number of aryl methyl sites for hydroxylation is 1. The van der Waals surface area contributed by atoms with Gasteiger partial charge in [0.15, 0.2) is 5.82 Å². The van der Waals surface area contributed by atoms with Crippen LogP contribution in [0.15, 0.2) is 52.3 Å². The predicted octanol–water partition coefficient (Wildman–Crippen LogP) is 1.06. The van der Waals surface area contributed by atoms with E-state index in [0.717, 1.165) is 6.20 Å². The summed E-state index contributed by atoms with van der Waals surface area (Å²) < 4.78 is 23.8. The van der Waals surface area contributed by atoms with E-state index in [1.807, 2.05) is 6.07 Å². The number of pyridine rings is 1. The second-order valence-electron chi connectivity index (χ2n) is 5.34. The molecule has 0 aliphatic rings. The quantitative estimate of drug-likeness (QED) is 0.724. The smallest absolute Gasteiger partial charge is 0.280 e. The van der Waals surface area contributed by atoms with Crippen molar-refractivity contribution in [1.29, 1.82) is 5.26 Å². The third-order valence-corrected chi connectivity index (χ3v) is 4.55. The van der Waals surface area contributed by atoms with Crippen molar-refractivity contribution >= 4 is 10.0 Å². The van der Waals surface area contributed by atoms with Gasteiger partial charge in [0.2, 0.25) is 10.0 Å². The zero-order chi connectivity index (χ0) is 18.2. The maximum atomic E-state index is 12.7. The van der Waals surface area contributed by atoms with Crippen LogP contribution in [0.3, 0.4) is 0 Å². The fraction of sp³-hybridized carbons (Fsp3) is 0.0625. The van der Waals surface area contributed by atoms with E-state index in [2.05, 4.69) is 10.1 Å². The Balaban J connectivity index is 2.08. The van der Waals surface area contributed by atoms with Crippen molar-refractivity contribution in [3.8, 4) is 23.0 Å². The molecule has 0 amide bonds. The second-order valence-corrected chi connectivity index (χ2v) is 6.90. The minimum Gasteiger partial charge on any atom is -0.293 e. The Kier molecular flexibility index (Phi) is 4.00. The van der Waals surface area contributed by atoms with Crippen LogP contribution in [0.4, 0.5) is 0 Å². The number of nitriles is 1. The summed E-state index contributed by atoms with van der Waals surface area (Å²) in [6.45, 7) is 1.74. The van der Waals surface area contributed by atoms with Gasteiger partial charge in [0.25, 0.3) is 5.56 Å². The molecule has 0 aliphatic carbocycles. The molecular weight excluding hydrogens is 342 g/mol. The maximum Gasteiger partial charge on any atom is 0.280 e. The van der Waals surface area contributed by atoms with Crippen molar-refractivity contribution < 1.29 is 8.42 Å². The van der Waals surface area contributed by atoms with Crippen molar-refractivity contribution in [2.24, 2.45) is 5.14 Å². The minimum absolute atomic E-state index is 0.139. The fourth-order valence-corrected chi connectivity index (χ4v) is 2.89. The molecule has 9 heteroatoms. The maximum absolute atomic E-state index is 12.7. The number of hydrogen-bond donors (Lipinski definition) is 2. The Labute approximate surface area is 143 Å². The molecule has 0 saturated carbocycles. The molecule has 0 atom stereocenters. The molecule has 25 heavy (non-hydrogen) atoms. The number of aromatic amines is 1. The molecule has 2 aromatic heterocycles. The van der Waals surface area contributed by atoms with Gasteiger partial charge in [0.1, 0.15) is 4.90 Å². The average molecular weight is 355 g/mol. The molecule has 126 valence electrons. The highest BCUT2D eigenvalue weighted by molar-refractivity contribution is 7.89. The molecule has 0 unspecified atom stereocenters. The summed E-state index contributed by atoms with van der Waals surface area (Å²) in [5.74, 6) is 0.236. The lowest BCUT2D eigenvalue weighted by atomic mass is 10.1. The van der Waals surface area contributed by atoms with Crippen LogP contribution in [0.5, 0.6) is 0 Å². The summed E-state index contributed by atoms with van der Waals surface area (Å²) in [6, 6.07) is 11.3. The minimum atomic E-state index is -3.85. The lowest BCUT2D eigenvalue weighted by Gasteiger charge is -2.02. The molecule has 1 aromatic carbocycles. The molecular formula is C16H13N5O3S. The topological polar surface area (TPSA) is 135 Å². The van der Waals surface area contributed by atoms with Crippen molar-refractivity contribution in [1.82, 2.24) is 14.8 Å². The van der Waals surface area contributed by atoms with Gasteiger partial charge in [-0.2, -0.15) is 5.26 Å². The standard InChI is InChI=1S/C16H13N5O3S/c1-10-15(12-4-2-11(8-17)3-5-12)16(22)21(20-10)14-7-6-13(9-19-14)25(18,23)24/h2-7,9,20H,1H3,(H2,18,23,24). The highest BCUT2D eigenvalue weighted by Gasteiger charge is 2.16. The zero-order valence-corrected chi connectivity index (χ0v) is 13.9. The number of aromatic nitrogens is 3. The van der Waals surface area contributed by atoms with Gasteiger partial charge in [-0.3, -0.25) is 9.89 Å². The van der Waals surface area contributed by atoms with Gasteiger partial charge in [-0.25, -0.2) is 23.2 Å². The summed E-state index contributed by atoms with van der Waals surface area (Å²) in [6.07, 6.45) is 1.09. The number of nitrogens with two attached hydrogens (primary N) is 1. The molecule has 3 N–H and O–H groups in total. The molecule has 0 fully saturated rings. The number of rotatable bonds is 3.